The van der Waals surface area contributed by atoms with Crippen molar-refractivity contribution in [3.63, 3.8) is 0 Å². The first-order chi connectivity index (χ1) is 15.3. The summed E-state index contributed by atoms with van der Waals surface area (Å²) in [7, 11) is 0. The van der Waals surface area contributed by atoms with Gasteiger partial charge < -0.3 is 19.7 Å². The van der Waals surface area contributed by atoms with Gasteiger partial charge in [-0.2, -0.15) is 0 Å². The van der Waals surface area contributed by atoms with Crippen LogP contribution in [0.5, 0.6) is 5.75 Å². The Morgan fingerprint density at radius 1 is 1.16 bits per heavy atom. The van der Waals surface area contributed by atoms with Crippen molar-refractivity contribution in [2.24, 2.45) is 9.98 Å². The van der Waals surface area contributed by atoms with Crippen molar-refractivity contribution in [3.05, 3.63) is 30.6 Å². The number of nitrogens with one attached hydrogen (secondary N) is 1. The molecule has 8 nitrogen and oxygen atoms in total. The van der Waals surface area contributed by atoms with Gasteiger partial charge in [-0.1, -0.05) is 0 Å². The smallest absolute Gasteiger partial charge is 0.222 e. The molecule has 1 saturated heterocycles. The highest BCUT2D eigenvalue weighted by molar-refractivity contribution is 5.80. The van der Waals surface area contributed by atoms with Crippen LogP contribution in [0.1, 0.15) is 32.6 Å². The molecule has 0 spiro atoms. The quantitative estimate of drug-likeness (QED) is 0.674. The maximum atomic E-state index is 6.47. The van der Waals surface area contributed by atoms with E-state index < -0.39 is 0 Å². The van der Waals surface area contributed by atoms with Crippen LogP contribution in [0.25, 0.3) is 0 Å². The lowest BCUT2D eigenvalue weighted by Gasteiger charge is -2.32. The highest BCUT2D eigenvalue weighted by Crippen LogP contribution is 2.43. The summed E-state index contributed by atoms with van der Waals surface area (Å²) in [6, 6.07) is 6.32. The molecule has 1 saturated carbocycles. The van der Waals surface area contributed by atoms with Crippen LogP contribution < -0.4 is 15.0 Å². The van der Waals surface area contributed by atoms with Gasteiger partial charge >= 0.3 is 0 Å². The van der Waals surface area contributed by atoms with Crippen molar-refractivity contribution in [1.29, 1.82) is 0 Å². The Kier molecular flexibility index (Phi) is 7.09. The molecular formula is C23H30N6O2. The van der Waals surface area contributed by atoms with Crippen molar-refractivity contribution in [1.82, 2.24) is 9.97 Å². The molecule has 0 amide bonds. The molecule has 0 atom stereocenters. The van der Waals surface area contributed by atoms with E-state index in [1.165, 1.54) is 0 Å². The lowest BCUT2D eigenvalue weighted by Crippen LogP contribution is -2.36. The van der Waals surface area contributed by atoms with E-state index in [4.69, 9.17) is 9.47 Å². The first-order valence-electron chi connectivity index (χ1n) is 10.9. The largest absolute Gasteiger partial charge is 0.488 e. The number of aromatic nitrogens is 2. The van der Waals surface area contributed by atoms with Crippen LogP contribution in [0.2, 0.25) is 0 Å². The molecule has 1 aliphatic carbocycles. The van der Waals surface area contributed by atoms with Gasteiger partial charge in [-0.15, -0.1) is 0 Å². The van der Waals surface area contributed by atoms with Crippen LogP contribution in [-0.2, 0) is 4.74 Å². The molecule has 2 aliphatic rings. The minimum atomic E-state index is 0.133. The SMILES string of the molecule is C=Nc1c(N=CC)cc(N2CCOCC2)cc1OC1CCC(Nc2ncccn2)CC1. The molecule has 1 N–H and O–H groups in total. The second-order valence-corrected chi connectivity index (χ2v) is 7.76. The zero-order valence-electron chi connectivity index (χ0n) is 18.0. The van der Waals surface area contributed by atoms with Crippen LogP contribution in [0.3, 0.4) is 0 Å². The fourth-order valence-corrected chi connectivity index (χ4v) is 4.13. The van der Waals surface area contributed by atoms with Gasteiger partial charge in [-0.25, -0.2) is 9.97 Å². The zero-order valence-corrected chi connectivity index (χ0v) is 18.0. The average molecular weight is 423 g/mol. The van der Waals surface area contributed by atoms with Crippen LogP contribution in [-0.4, -0.2) is 61.3 Å². The number of ether oxygens (including phenoxy) is 2. The molecule has 0 unspecified atom stereocenters. The van der Waals surface area contributed by atoms with E-state index in [-0.39, 0.29) is 6.10 Å². The summed E-state index contributed by atoms with van der Waals surface area (Å²) in [6.45, 7) is 8.84. The summed E-state index contributed by atoms with van der Waals surface area (Å²) >= 11 is 0. The summed E-state index contributed by atoms with van der Waals surface area (Å²) in [5.74, 6) is 1.44. The van der Waals surface area contributed by atoms with Crippen molar-refractivity contribution in [2.45, 2.75) is 44.8 Å². The van der Waals surface area contributed by atoms with Gasteiger partial charge in [-0.3, -0.25) is 9.98 Å². The molecule has 31 heavy (non-hydrogen) atoms. The number of morpholine rings is 1. The molecule has 2 heterocycles. The lowest BCUT2D eigenvalue weighted by atomic mass is 9.93. The second-order valence-electron chi connectivity index (χ2n) is 7.76. The van der Waals surface area contributed by atoms with E-state index in [0.717, 1.165) is 69.1 Å². The fraction of sp³-hybridized carbons (Fsp3) is 0.478. The third-order valence-electron chi connectivity index (χ3n) is 5.71. The Morgan fingerprint density at radius 3 is 2.58 bits per heavy atom. The van der Waals surface area contributed by atoms with E-state index in [2.05, 4.69) is 49.0 Å². The van der Waals surface area contributed by atoms with Gasteiger partial charge in [-0.05, 0) is 51.5 Å². The van der Waals surface area contributed by atoms with Crippen LogP contribution in [0, 0.1) is 0 Å². The van der Waals surface area contributed by atoms with Gasteiger partial charge in [0, 0.05) is 49.5 Å². The average Bonchev–Trinajstić information content (AvgIpc) is 2.82. The number of benzene rings is 1. The van der Waals surface area contributed by atoms with Crippen molar-refractivity contribution in [2.75, 3.05) is 36.5 Å². The highest BCUT2D eigenvalue weighted by Gasteiger charge is 2.25. The van der Waals surface area contributed by atoms with E-state index >= 15 is 0 Å². The fourth-order valence-electron chi connectivity index (χ4n) is 4.13. The number of aliphatic imine (C=N–C) groups is 2. The first-order valence-corrected chi connectivity index (χ1v) is 10.9. The Morgan fingerprint density at radius 2 is 1.90 bits per heavy atom. The third-order valence-corrected chi connectivity index (χ3v) is 5.71. The second kappa shape index (κ2) is 10.3. The Labute approximate surface area is 183 Å². The summed E-state index contributed by atoms with van der Waals surface area (Å²) in [5, 5.41) is 3.42. The number of hydrogen-bond donors (Lipinski definition) is 1. The molecule has 2 aromatic rings. The predicted molar refractivity (Wildman–Crippen MR) is 125 cm³/mol. The van der Waals surface area contributed by atoms with Gasteiger partial charge in [0.05, 0.1) is 25.0 Å². The van der Waals surface area contributed by atoms with Gasteiger partial charge in [0.2, 0.25) is 5.95 Å². The molecule has 164 valence electrons. The molecule has 8 heteroatoms. The molecule has 1 aromatic carbocycles. The minimum absolute atomic E-state index is 0.133. The number of anilines is 2. The first kappa shape index (κ1) is 21.2. The summed E-state index contributed by atoms with van der Waals surface area (Å²) in [5.41, 5.74) is 2.57. The van der Waals surface area contributed by atoms with Gasteiger partial charge in [0.15, 0.2) is 0 Å². The summed E-state index contributed by atoms with van der Waals surface area (Å²) in [6.07, 6.45) is 9.33. The van der Waals surface area contributed by atoms with Crippen molar-refractivity contribution >= 4 is 35.9 Å². The maximum absolute atomic E-state index is 6.47. The third kappa shape index (κ3) is 5.38. The maximum Gasteiger partial charge on any atom is 0.222 e. The van der Waals surface area contributed by atoms with E-state index in [1.807, 2.05) is 13.0 Å². The topological polar surface area (TPSA) is 84.2 Å². The Hall–Kier alpha value is -3.00. The van der Waals surface area contributed by atoms with Crippen molar-refractivity contribution < 1.29 is 9.47 Å². The molecule has 2 fully saturated rings. The summed E-state index contributed by atoms with van der Waals surface area (Å²) < 4.78 is 12.0. The monoisotopic (exact) mass is 422 g/mol. The molecule has 0 bridgehead atoms. The van der Waals surface area contributed by atoms with Crippen molar-refractivity contribution in [3.8, 4) is 5.75 Å². The molecule has 1 aromatic heterocycles. The highest BCUT2D eigenvalue weighted by atomic mass is 16.5. The standard InChI is InChI=1S/C23H30N6O2/c1-3-25-20-15-18(29-11-13-30-14-12-29)16-21(22(20)24-2)31-19-7-5-17(6-8-19)28-23-26-9-4-10-27-23/h3-4,9-10,15-17,19H,2,5-8,11-14H2,1H3,(H,26,27,28). The van der Waals surface area contributed by atoms with E-state index in [0.29, 0.717) is 17.7 Å². The van der Waals surface area contributed by atoms with Crippen LogP contribution in [0.15, 0.2) is 40.6 Å². The Bertz CT molecular complexity index is 890. The summed E-state index contributed by atoms with van der Waals surface area (Å²) in [4.78, 5) is 19.6. The van der Waals surface area contributed by atoms with Gasteiger partial charge in [0.25, 0.3) is 0 Å². The lowest BCUT2D eigenvalue weighted by molar-refractivity contribution is 0.122. The number of rotatable bonds is 7. The zero-order chi connectivity index (χ0) is 21.5. The molecular weight excluding hydrogens is 392 g/mol. The Balaban J connectivity index is 1.46. The van der Waals surface area contributed by atoms with E-state index in [1.54, 1.807) is 18.6 Å². The molecule has 4 rings (SSSR count). The molecule has 0 radical (unpaired) electrons. The van der Waals surface area contributed by atoms with Crippen LogP contribution in [0.4, 0.5) is 23.0 Å². The predicted octanol–water partition coefficient (Wildman–Crippen LogP) is 4.17. The molecule has 1 aliphatic heterocycles. The van der Waals surface area contributed by atoms with E-state index in [9.17, 15) is 0 Å². The number of nitrogens with zero attached hydrogens (tertiary/aromatic N) is 5. The minimum Gasteiger partial charge on any atom is -0.488 e. The number of hydrogen-bond acceptors (Lipinski definition) is 8. The normalized spacial score (nSPS) is 21.8. The van der Waals surface area contributed by atoms with Gasteiger partial charge in [0.1, 0.15) is 11.4 Å². The van der Waals surface area contributed by atoms with Crippen LogP contribution >= 0.6 is 0 Å².